The summed E-state index contributed by atoms with van der Waals surface area (Å²) in [6.07, 6.45) is 4.61. The lowest BCUT2D eigenvalue weighted by molar-refractivity contribution is -0.384. The molecule has 1 atom stereocenters. The number of nitro groups is 1. The van der Waals surface area contributed by atoms with Crippen LogP contribution in [0, 0.1) is 10.1 Å². The number of sulfonamides is 1. The molecule has 0 radical (unpaired) electrons. The number of piperidine rings is 1. The molecule has 30 heavy (non-hydrogen) atoms. The number of hydrogen-bond donors (Lipinski definition) is 1. The van der Waals surface area contributed by atoms with Crippen LogP contribution in [0.4, 0.5) is 11.4 Å². The Morgan fingerprint density at radius 1 is 1.17 bits per heavy atom. The summed E-state index contributed by atoms with van der Waals surface area (Å²) < 4.78 is 27.2. The average Bonchev–Trinajstić information content (AvgIpc) is 2.72. The van der Waals surface area contributed by atoms with Gasteiger partial charge in [-0.1, -0.05) is 6.42 Å². The number of nitro benzene ring substituents is 1. The van der Waals surface area contributed by atoms with Crippen molar-refractivity contribution in [3.8, 4) is 0 Å². The van der Waals surface area contributed by atoms with E-state index in [2.05, 4.69) is 22.0 Å². The first kappa shape index (κ1) is 22.9. The van der Waals surface area contributed by atoms with E-state index in [0.29, 0.717) is 44.5 Å². The van der Waals surface area contributed by atoms with Crippen LogP contribution >= 0.6 is 0 Å². The summed E-state index contributed by atoms with van der Waals surface area (Å²) in [5.74, 6) is 0. The predicted octanol–water partition coefficient (Wildman–Crippen LogP) is 2.21. The number of benzene rings is 1. The van der Waals surface area contributed by atoms with Gasteiger partial charge >= 0.3 is 0 Å². The number of rotatable bonds is 8. The van der Waals surface area contributed by atoms with Crippen molar-refractivity contribution in [2.45, 2.75) is 43.5 Å². The molecular formula is C20H33N5O4S. The van der Waals surface area contributed by atoms with Gasteiger partial charge in [0.25, 0.3) is 5.69 Å². The van der Waals surface area contributed by atoms with Crippen molar-refractivity contribution in [3.63, 3.8) is 0 Å². The molecule has 0 amide bonds. The van der Waals surface area contributed by atoms with Crippen molar-refractivity contribution in [2.24, 2.45) is 0 Å². The zero-order valence-corrected chi connectivity index (χ0v) is 18.7. The molecule has 0 aromatic heterocycles. The summed E-state index contributed by atoms with van der Waals surface area (Å²) in [6.45, 7) is 7.00. The minimum atomic E-state index is -3.74. The molecule has 1 aromatic rings. The van der Waals surface area contributed by atoms with Crippen LogP contribution in [-0.4, -0.2) is 86.3 Å². The number of likely N-dealkylation sites (N-methyl/N-ethyl adjacent to an activating group) is 1. The zero-order chi connectivity index (χ0) is 21.7. The fourth-order valence-electron chi connectivity index (χ4n) is 4.14. The highest BCUT2D eigenvalue weighted by atomic mass is 32.2. The van der Waals surface area contributed by atoms with Crippen molar-refractivity contribution < 1.29 is 13.3 Å². The van der Waals surface area contributed by atoms with Crippen LogP contribution in [0.1, 0.15) is 32.6 Å². The van der Waals surface area contributed by atoms with Gasteiger partial charge in [0.2, 0.25) is 10.0 Å². The maximum Gasteiger partial charge on any atom is 0.293 e. The molecule has 2 heterocycles. The largest absolute Gasteiger partial charge is 0.379 e. The fourth-order valence-corrected chi connectivity index (χ4v) is 5.59. The first-order valence-corrected chi connectivity index (χ1v) is 12.2. The lowest BCUT2D eigenvalue weighted by Gasteiger charge is -2.33. The van der Waals surface area contributed by atoms with Crippen LogP contribution in [0.5, 0.6) is 0 Å². The lowest BCUT2D eigenvalue weighted by atomic mass is 10.0. The molecule has 2 aliphatic rings. The molecule has 0 spiro atoms. The highest BCUT2D eigenvalue weighted by Crippen LogP contribution is 2.29. The molecule has 0 saturated carbocycles. The Morgan fingerprint density at radius 3 is 2.57 bits per heavy atom. The van der Waals surface area contributed by atoms with E-state index >= 15 is 0 Å². The Hall–Kier alpha value is -1.75. The maximum atomic E-state index is 12.9. The third-order valence-corrected chi connectivity index (χ3v) is 8.04. The number of likely N-dealkylation sites (tertiary alicyclic amines) is 1. The van der Waals surface area contributed by atoms with Crippen LogP contribution in [0.2, 0.25) is 0 Å². The smallest absolute Gasteiger partial charge is 0.293 e. The zero-order valence-electron chi connectivity index (χ0n) is 17.9. The summed E-state index contributed by atoms with van der Waals surface area (Å²) in [5.41, 5.74) is 0.167. The topological polar surface area (TPSA) is 99.0 Å². The van der Waals surface area contributed by atoms with Crippen molar-refractivity contribution in [1.29, 1.82) is 0 Å². The lowest BCUT2D eigenvalue weighted by Crippen LogP contribution is -2.47. The quantitative estimate of drug-likeness (QED) is 0.377. The van der Waals surface area contributed by atoms with Gasteiger partial charge in [-0.3, -0.25) is 10.1 Å². The Kier molecular flexibility index (Phi) is 7.67. The van der Waals surface area contributed by atoms with Gasteiger partial charge in [-0.25, -0.2) is 8.42 Å². The highest BCUT2D eigenvalue weighted by molar-refractivity contribution is 7.89. The van der Waals surface area contributed by atoms with E-state index < -0.39 is 14.9 Å². The molecule has 2 saturated heterocycles. The Labute approximate surface area is 179 Å². The standard InChI is InChI=1S/C20H33N5O4S/c1-17-6-3-4-10-23(17)11-5-9-21-19-8-7-18(16-20(19)25(26)27)30(28,29)24-14-12-22(2)13-15-24/h7-8,16-17,21H,3-6,9-15H2,1-2H3/t17-/m1/s1. The first-order chi connectivity index (χ1) is 14.3. The van der Waals surface area contributed by atoms with Crippen molar-refractivity contribution >= 4 is 21.4 Å². The van der Waals surface area contributed by atoms with Crippen LogP contribution in [0.3, 0.4) is 0 Å². The molecule has 10 heteroatoms. The van der Waals surface area contributed by atoms with E-state index in [9.17, 15) is 18.5 Å². The summed E-state index contributed by atoms with van der Waals surface area (Å²) in [4.78, 5) is 15.6. The van der Waals surface area contributed by atoms with Crippen LogP contribution in [-0.2, 0) is 10.0 Å². The minimum absolute atomic E-state index is 0.0218. The van der Waals surface area contributed by atoms with Gasteiger partial charge in [0.05, 0.1) is 9.82 Å². The molecule has 1 aromatic carbocycles. The van der Waals surface area contributed by atoms with E-state index in [1.54, 1.807) is 0 Å². The summed E-state index contributed by atoms with van der Waals surface area (Å²) in [6, 6.07) is 4.76. The average molecular weight is 440 g/mol. The highest BCUT2D eigenvalue weighted by Gasteiger charge is 2.29. The SMILES string of the molecule is C[C@@H]1CCCCN1CCCNc1ccc(S(=O)(=O)N2CCN(C)CC2)cc1[N+](=O)[O-]. The predicted molar refractivity (Wildman–Crippen MR) is 117 cm³/mol. The Balaban J connectivity index is 1.64. The maximum absolute atomic E-state index is 12.9. The Morgan fingerprint density at radius 2 is 1.90 bits per heavy atom. The van der Waals surface area contributed by atoms with Gasteiger partial charge in [0, 0.05) is 51.4 Å². The third-order valence-electron chi connectivity index (χ3n) is 6.14. The molecule has 0 aliphatic carbocycles. The van der Waals surface area contributed by atoms with Gasteiger partial charge in [-0.2, -0.15) is 4.31 Å². The van der Waals surface area contributed by atoms with Gasteiger partial charge in [0.1, 0.15) is 5.69 Å². The molecule has 0 unspecified atom stereocenters. The van der Waals surface area contributed by atoms with Gasteiger partial charge in [-0.15, -0.1) is 0 Å². The molecule has 3 rings (SSSR count). The summed E-state index contributed by atoms with van der Waals surface area (Å²) in [5, 5.41) is 14.7. The van der Waals surface area contributed by atoms with Crippen molar-refractivity contribution in [3.05, 3.63) is 28.3 Å². The minimum Gasteiger partial charge on any atom is -0.379 e. The van der Waals surface area contributed by atoms with Crippen molar-refractivity contribution in [1.82, 2.24) is 14.1 Å². The van der Waals surface area contributed by atoms with E-state index in [0.717, 1.165) is 19.5 Å². The number of nitrogens with one attached hydrogen (secondary N) is 1. The molecule has 2 fully saturated rings. The third kappa shape index (κ3) is 5.48. The van der Waals surface area contributed by atoms with E-state index in [-0.39, 0.29) is 10.6 Å². The Bertz CT molecular complexity index is 840. The summed E-state index contributed by atoms with van der Waals surface area (Å²) in [7, 11) is -1.79. The van der Waals surface area contributed by atoms with Gasteiger partial charge in [0.15, 0.2) is 0 Å². The monoisotopic (exact) mass is 439 g/mol. The second-order valence-electron chi connectivity index (χ2n) is 8.30. The normalized spacial score (nSPS) is 22.1. The second kappa shape index (κ2) is 10.0. The number of nitrogens with zero attached hydrogens (tertiary/aromatic N) is 4. The summed E-state index contributed by atoms with van der Waals surface area (Å²) >= 11 is 0. The van der Waals surface area contributed by atoms with Gasteiger partial charge in [-0.05, 0) is 51.9 Å². The molecule has 1 N–H and O–H groups in total. The van der Waals surface area contributed by atoms with Crippen molar-refractivity contribution in [2.75, 3.05) is 58.2 Å². The fraction of sp³-hybridized carbons (Fsp3) is 0.700. The van der Waals surface area contributed by atoms with Crippen LogP contribution in [0.15, 0.2) is 23.1 Å². The van der Waals surface area contributed by atoms with E-state index in [1.807, 2.05) is 7.05 Å². The van der Waals surface area contributed by atoms with Crippen LogP contribution < -0.4 is 5.32 Å². The van der Waals surface area contributed by atoms with E-state index in [1.165, 1.54) is 41.8 Å². The molecule has 9 nitrogen and oxygen atoms in total. The number of anilines is 1. The molecule has 168 valence electrons. The first-order valence-electron chi connectivity index (χ1n) is 10.7. The molecule has 0 bridgehead atoms. The van der Waals surface area contributed by atoms with Gasteiger partial charge < -0.3 is 15.1 Å². The number of piperazine rings is 1. The molecule has 2 aliphatic heterocycles. The van der Waals surface area contributed by atoms with E-state index in [4.69, 9.17) is 0 Å². The number of hydrogen-bond acceptors (Lipinski definition) is 7. The second-order valence-corrected chi connectivity index (χ2v) is 10.2. The van der Waals surface area contributed by atoms with Crippen LogP contribution in [0.25, 0.3) is 0 Å². The molecular weight excluding hydrogens is 406 g/mol.